The van der Waals surface area contributed by atoms with E-state index in [1.54, 1.807) is 11.0 Å². The Morgan fingerprint density at radius 2 is 2.24 bits per heavy atom. The summed E-state index contributed by atoms with van der Waals surface area (Å²) in [5, 5.41) is 3.26. The summed E-state index contributed by atoms with van der Waals surface area (Å²) >= 11 is 0. The zero-order valence-electron chi connectivity index (χ0n) is 12.7. The Hall–Kier alpha value is -1.62. The van der Waals surface area contributed by atoms with Crippen molar-refractivity contribution in [2.24, 2.45) is 5.73 Å². The van der Waals surface area contributed by atoms with E-state index in [4.69, 9.17) is 5.73 Å². The minimum atomic E-state index is -0.395. The van der Waals surface area contributed by atoms with Crippen LogP contribution in [0.25, 0.3) is 0 Å². The molecule has 0 bridgehead atoms. The van der Waals surface area contributed by atoms with Crippen LogP contribution in [0, 0.1) is 5.82 Å². The predicted octanol–water partition coefficient (Wildman–Crippen LogP) is 2.17. The first kappa shape index (κ1) is 15.8. The minimum Gasteiger partial charge on any atom is -0.368 e. The van der Waals surface area contributed by atoms with Crippen LogP contribution in [0.4, 0.5) is 10.1 Å². The summed E-state index contributed by atoms with van der Waals surface area (Å²) in [4.78, 5) is 13.3. The molecule has 1 aliphatic heterocycles. The van der Waals surface area contributed by atoms with Gasteiger partial charge in [0.15, 0.2) is 0 Å². The van der Waals surface area contributed by atoms with Crippen LogP contribution in [-0.2, 0) is 11.3 Å². The molecule has 1 amide bonds. The number of nitrogens with two attached hydrogens (primary N) is 1. The molecule has 5 heteroatoms. The van der Waals surface area contributed by atoms with Crippen LogP contribution < -0.4 is 16.0 Å². The summed E-state index contributed by atoms with van der Waals surface area (Å²) in [6.07, 6.45) is 2.62. The van der Waals surface area contributed by atoms with Crippen molar-refractivity contribution in [3.05, 3.63) is 29.6 Å². The number of hydrogen-bond acceptors (Lipinski definition) is 3. The molecule has 1 aromatic rings. The normalized spacial score (nSPS) is 19.0. The summed E-state index contributed by atoms with van der Waals surface area (Å²) in [5.41, 5.74) is 6.82. The lowest BCUT2D eigenvalue weighted by atomic mass is 10.00. The van der Waals surface area contributed by atoms with Crippen LogP contribution in [0.2, 0.25) is 0 Å². The Kier molecular flexibility index (Phi) is 5.17. The molecule has 1 unspecified atom stereocenters. The van der Waals surface area contributed by atoms with Crippen molar-refractivity contribution in [2.45, 2.75) is 51.7 Å². The van der Waals surface area contributed by atoms with Gasteiger partial charge in [0.2, 0.25) is 5.91 Å². The van der Waals surface area contributed by atoms with Crippen LogP contribution in [0.15, 0.2) is 18.2 Å². The van der Waals surface area contributed by atoms with Gasteiger partial charge in [0, 0.05) is 19.1 Å². The first-order valence-electron chi connectivity index (χ1n) is 7.57. The van der Waals surface area contributed by atoms with Crippen molar-refractivity contribution in [3.8, 4) is 0 Å². The fourth-order valence-electron chi connectivity index (χ4n) is 2.73. The number of anilines is 1. The number of nitrogens with one attached hydrogen (secondary N) is 1. The number of amides is 1. The maximum absolute atomic E-state index is 14.4. The lowest BCUT2D eigenvalue weighted by molar-refractivity contribution is -0.119. The Balaban J connectivity index is 2.17. The maximum Gasteiger partial charge on any atom is 0.240 e. The van der Waals surface area contributed by atoms with Crippen molar-refractivity contribution in [1.29, 1.82) is 0 Å². The fourth-order valence-corrected chi connectivity index (χ4v) is 2.73. The molecule has 0 aliphatic carbocycles. The summed E-state index contributed by atoms with van der Waals surface area (Å²) < 4.78 is 14.4. The third kappa shape index (κ3) is 3.94. The number of carbonyl (C=O) groups excluding carboxylic acids is 1. The second-order valence-electron chi connectivity index (χ2n) is 5.93. The predicted molar refractivity (Wildman–Crippen MR) is 82.6 cm³/mol. The lowest BCUT2D eigenvalue weighted by Gasteiger charge is -2.35. The van der Waals surface area contributed by atoms with E-state index in [-0.39, 0.29) is 11.7 Å². The molecule has 0 spiro atoms. The number of halogens is 1. The quantitative estimate of drug-likeness (QED) is 0.874. The maximum atomic E-state index is 14.4. The molecule has 2 rings (SSSR count). The summed E-state index contributed by atoms with van der Waals surface area (Å²) in [5.74, 6) is -0.661. The highest BCUT2D eigenvalue weighted by molar-refractivity contribution is 5.84. The van der Waals surface area contributed by atoms with E-state index in [0.717, 1.165) is 18.4 Å². The number of benzene rings is 1. The first-order valence-corrected chi connectivity index (χ1v) is 7.57. The SMILES string of the molecule is CC(C)NCc1ccc(N2CCCCC2C(N)=O)c(F)c1. The van der Waals surface area contributed by atoms with E-state index < -0.39 is 6.04 Å². The number of nitrogens with zero attached hydrogens (tertiary/aromatic N) is 1. The topological polar surface area (TPSA) is 58.4 Å². The molecular weight excluding hydrogens is 269 g/mol. The van der Waals surface area contributed by atoms with Crippen molar-refractivity contribution >= 4 is 11.6 Å². The molecule has 3 N–H and O–H groups in total. The van der Waals surface area contributed by atoms with Crippen molar-refractivity contribution in [2.75, 3.05) is 11.4 Å². The van der Waals surface area contributed by atoms with Gasteiger partial charge < -0.3 is 16.0 Å². The van der Waals surface area contributed by atoms with Crippen LogP contribution in [0.5, 0.6) is 0 Å². The Morgan fingerprint density at radius 1 is 1.48 bits per heavy atom. The average Bonchev–Trinajstić information content (AvgIpc) is 2.45. The zero-order chi connectivity index (χ0) is 15.4. The Morgan fingerprint density at radius 3 is 2.86 bits per heavy atom. The second kappa shape index (κ2) is 6.89. The highest BCUT2D eigenvalue weighted by Gasteiger charge is 2.28. The number of piperidine rings is 1. The second-order valence-corrected chi connectivity index (χ2v) is 5.93. The van der Waals surface area contributed by atoms with E-state index in [1.807, 2.05) is 6.07 Å². The van der Waals surface area contributed by atoms with Crippen molar-refractivity contribution in [3.63, 3.8) is 0 Å². The van der Waals surface area contributed by atoms with Gasteiger partial charge in [0.05, 0.1) is 5.69 Å². The minimum absolute atomic E-state index is 0.286. The molecule has 1 aromatic carbocycles. The van der Waals surface area contributed by atoms with Crippen LogP contribution in [0.3, 0.4) is 0 Å². The van der Waals surface area contributed by atoms with Gasteiger partial charge >= 0.3 is 0 Å². The van der Waals surface area contributed by atoms with E-state index in [2.05, 4.69) is 19.2 Å². The number of hydrogen-bond donors (Lipinski definition) is 2. The van der Waals surface area contributed by atoms with Gasteiger partial charge in [-0.1, -0.05) is 19.9 Å². The summed E-state index contributed by atoms with van der Waals surface area (Å²) in [6.45, 7) is 5.41. The molecule has 1 atom stereocenters. The van der Waals surface area contributed by atoms with Gasteiger partial charge in [-0.3, -0.25) is 4.79 Å². The third-order valence-corrected chi connectivity index (χ3v) is 3.87. The Labute approximate surface area is 125 Å². The van der Waals surface area contributed by atoms with E-state index in [1.165, 1.54) is 6.07 Å². The van der Waals surface area contributed by atoms with Gasteiger partial charge in [-0.25, -0.2) is 4.39 Å². The molecule has 1 heterocycles. The molecule has 0 saturated carbocycles. The lowest BCUT2D eigenvalue weighted by Crippen LogP contribution is -2.48. The molecule has 4 nitrogen and oxygen atoms in total. The molecular formula is C16H24FN3O. The first-order chi connectivity index (χ1) is 9.99. The Bertz CT molecular complexity index is 504. The summed E-state index contributed by atoms with van der Waals surface area (Å²) in [6, 6.07) is 5.16. The van der Waals surface area contributed by atoms with Crippen LogP contribution in [0.1, 0.15) is 38.7 Å². The van der Waals surface area contributed by atoms with Gasteiger partial charge in [0.25, 0.3) is 0 Å². The number of rotatable bonds is 5. The zero-order valence-corrected chi connectivity index (χ0v) is 12.7. The summed E-state index contributed by atoms with van der Waals surface area (Å²) in [7, 11) is 0. The molecule has 0 aromatic heterocycles. The van der Waals surface area contributed by atoms with Gasteiger partial charge in [-0.2, -0.15) is 0 Å². The number of carbonyl (C=O) groups is 1. The van der Waals surface area contributed by atoms with Gasteiger partial charge in [-0.05, 0) is 37.0 Å². The largest absolute Gasteiger partial charge is 0.368 e. The molecule has 1 aliphatic rings. The standard InChI is InChI=1S/C16H24FN3O/c1-11(2)19-10-12-6-7-14(13(17)9-12)20-8-4-3-5-15(20)16(18)21/h6-7,9,11,15,19H,3-5,8,10H2,1-2H3,(H2,18,21). The monoisotopic (exact) mass is 293 g/mol. The van der Waals surface area contributed by atoms with Crippen LogP contribution >= 0.6 is 0 Å². The van der Waals surface area contributed by atoms with Crippen molar-refractivity contribution in [1.82, 2.24) is 5.32 Å². The average molecular weight is 293 g/mol. The van der Waals surface area contributed by atoms with Gasteiger partial charge in [0.1, 0.15) is 11.9 Å². The van der Waals surface area contributed by atoms with Crippen molar-refractivity contribution < 1.29 is 9.18 Å². The van der Waals surface area contributed by atoms with E-state index >= 15 is 0 Å². The fraction of sp³-hybridized carbons (Fsp3) is 0.562. The van der Waals surface area contributed by atoms with Gasteiger partial charge in [-0.15, -0.1) is 0 Å². The third-order valence-electron chi connectivity index (χ3n) is 3.87. The van der Waals surface area contributed by atoms with E-state index in [9.17, 15) is 9.18 Å². The molecule has 21 heavy (non-hydrogen) atoms. The molecule has 1 fully saturated rings. The highest BCUT2D eigenvalue weighted by Crippen LogP contribution is 2.27. The molecule has 0 radical (unpaired) electrons. The highest BCUT2D eigenvalue weighted by atomic mass is 19.1. The molecule has 1 saturated heterocycles. The van der Waals surface area contributed by atoms with Crippen LogP contribution in [-0.4, -0.2) is 24.5 Å². The van der Waals surface area contributed by atoms with E-state index in [0.29, 0.717) is 31.2 Å². The molecule has 116 valence electrons. The number of primary amides is 1. The smallest absolute Gasteiger partial charge is 0.240 e.